The zero-order valence-corrected chi connectivity index (χ0v) is 16.9. The van der Waals surface area contributed by atoms with Gasteiger partial charge in [0.1, 0.15) is 11.5 Å². The number of methoxy groups -OCH3 is 2. The Labute approximate surface area is 171 Å². The Kier molecular flexibility index (Phi) is 3.56. The lowest BCUT2D eigenvalue weighted by molar-refractivity contribution is 0.375. The van der Waals surface area contributed by atoms with E-state index in [2.05, 4.69) is 0 Å². The fourth-order valence-corrected chi connectivity index (χ4v) is 4.62. The van der Waals surface area contributed by atoms with Crippen LogP contribution in [0.5, 0.6) is 34.5 Å². The summed E-state index contributed by atoms with van der Waals surface area (Å²) >= 11 is 0. The molecule has 5 rings (SSSR count). The van der Waals surface area contributed by atoms with Gasteiger partial charge in [-0.2, -0.15) is 0 Å². The van der Waals surface area contributed by atoms with Crippen LogP contribution in [-0.4, -0.2) is 34.6 Å². The average Bonchev–Trinajstić information content (AvgIpc) is 2.73. The fraction of sp³-hybridized carbons (Fsp3) is 0.167. The summed E-state index contributed by atoms with van der Waals surface area (Å²) in [6, 6.07) is 6.92. The van der Waals surface area contributed by atoms with Gasteiger partial charge in [-0.25, -0.2) is 0 Å². The highest BCUT2D eigenvalue weighted by Crippen LogP contribution is 2.55. The van der Waals surface area contributed by atoms with Crippen molar-refractivity contribution in [2.45, 2.75) is 13.8 Å². The van der Waals surface area contributed by atoms with E-state index >= 15 is 0 Å². The van der Waals surface area contributed by atoms with E-state index in [1.165, 1.54) is 14.2 Å². The van der Waals surface area contributed by atoms with Crippen molar-refractivity contribution < 1.29 is 29.9 Å². The second kappa shape index (κ2) is 5.86. The number of phenolic OH excluding ortho intramolecular Hbond substituents is 4. The molecule has 0 saturated carbocycles. The number of benzene rings is 5. The largest absolute Gasteiger partial charge is 0.507 e. The monoisotopic (exact) mass is 404 g/mol. The minimum absolute atomic E-state index is 0.0106. The van der Waals surface area contributed by atoms with Gasteiger partial charge in [0, 0.05) is 32.3 Å². The first kappa shape index (κ1) is 18.2. The van der Waals surface area contributed by atoms with E-state index in [1.807, 2.05) is 0 Å². The smallest absolute Gasteiger partial charge is 0.166 e. The summed E-state index contributed by atoms with van der Waals surface area (Å²) in [6.07, 6.45) is 0. The first-order chi connectivity index (χ1) is 14.3. The predicted molar refractivity (Wildman–Crippen MR) is 117 cm³/mol. The summed E-state index contributed by atoms with van der Waals surface area (Å²) in [5.74, 6) is 0.176. The molecule has 5 aromatic carbocycles. The van der Waals surface area contributed by atoms with Crippen molar-refractivity contribution in [2.75, 3.05) is 14.2 Å². The molecule has 4 N–H and O–H groups in total. The Bertz CT molecular complexity index is 1400. The summed E-state index contributed by atoms with van der Waals surface area (Å²) in [5.41, 5.74) is 1.23. The van der Waals surface area contributed by atoms with Gasteiger partial charge in [0.05, 0.1) is 14.2 Å². The van der Waals surface area contributed by atoms with Crippen LogP contribution < -0.4 is 9.47 Å². The molecule has 0 heterocycles. The molecule has 0 radical (unpaired) electrons. The second-order valence-electron chi connectivity index (χ2n) is 7.64. The van der Waals surface area contributed by atoms with Gasteiger partial charge >= 0.3 is 0 Å². The van der Waals surface area contributed by atoms with Crippen LogP contribution in [0.3, 0.4) is 0 Å². The van der Waals surface area contributed by atoms with E-state index < -0.39 is 0 Å². The number of hydrogen-bond acceptors (Lipinski definition) is 6. The summed E-state index contributed by atoms with van der Waals surface area (Å²) in [7, 11) is 2.91. The molecule has 0 aliphatic carbocycles. The molecule has 0 aromatic heterocycles. The molecule has 0 amide bonds. The average molecular weight is 404 g/mol. The Morgan fingerprint density at radius 1 is 0.500 bits per heavy atom. The van der Waals surface area contributed by atoms with Gasteiger partial charge in [-0.15, -0.1) is 0 Å². The van der Waals surface area contributed by atoms with E-state index in [0.717, 1.165) is 0 Å². The van der Waals surface area contributed by atoms with Gasteiger partial charge < -0.3 is 29.9 Å². The molecule has 0 aliphatic rings. The first-order valence-electron chi connectivity index (χ1n) is 9.43. The zero-order chi connectivity index (χ0) is 21.5. The molecule has 0 atom stereocenters. The fourth-order valence-electron chi connectivity index (χ4n) is 4.62. The molecular formula is C24H20O6. The molecule has 30 heavy (non-hydrogen) atoms. The van der Waals surface area contributed by atoms with E-state index in [0.29, 0.717) is 54.2 Å². The Hall–Kier alpha value is -3.80. The number of rotatable bonds is 2. The summed E-state index contributed by atoms with van der Waals surface area (Å²) in [6.45, 7) is 3.55. The lowest BCUT2D eigenvalue weighted by atomic mass is 9.85. The van der Waals surface area contributed by atoms with Crippen LogP contribution >= 0.6 is 0 Å². The van der Waals surface area contributed by atoms with E-state index in [1.54, 1.807) is 38.1 Å². The van der Waals surface area contributed by atoms with E-state index in [-0.39, 0.29) is 34.5 Å². The highest BCUT2D eigenvalue weighted by molar-refractivity contribution is 6.38. The van der Waals surface area contributed by atoms with Gasteiger partial charge in [0.15, 0.2) is 23.0 Å². The van der Waals surface area contributed by atoms with Crippen LogP contribution in [0.2, 0.25) is 0 Å². The van der Waals surface area contributed by atoms with Gasteiger partial charge in [-0.1, -0.05) is 0 Å². The number of fused-ring (bicyclic) bond motifs is 2. The highest BCUT2D eigenvalue weighted by Gasteiger charge is 2.27. The van der Waals surface area contributed by atoms with Crippen molar-refractivity contribution in [1.29, 1.82) is 0 Å². The quantitative estimate of drug-likeness (QED) is 0.239. The first-order valence-corrected chi connectivity index (χ1v) is 9.43. The molecule has 0 spiro atoms. The zero-order valence-electron chi connectivity index (χ0n) is 16.9. The topological polar surface area (TPSA) is 99.4 Å². The number of aryl methyl sites for hydroxylation is 2. The third-order valence-corrected chi connectivity index (χ3v) is 6.00. The molecule has 0 saturated heterocycles. The van der Waals surface area contributed by atoms with Gasteiger partial charge in [-0.05, 0) is 60.0 Å². The SMILES string of the molecule is COc1cc2cc(C)c(O)c3c4c(O)c(C)cc5cc(OC)c(O)c(c(c1O)c23)c54. The maximum Gasteiger partial charge on any atom is 0.166 e. The van der Waals surface area contributed by atoms with Crippen LogP contribution in [0.15, 0.2) is 24.3 Å². The normalized spacial score (nSPS) is 11.9. The van der Waals surface area contributed by atoms with Crippen LogP contribution in [-0.2, 0) is 0 Å². The van der Waals surface area contributed by atoms with Gasteiger partial charge in [0.2, 0.25) is 0 Å². The van der Waals surface area contributed by atoms with E-state index in [9.17, 15) is 20.4 Å². The molecule has 6 heteroatoms. The van der Waals surface area contributed by atoms with E-state index in [4.69, 9.17) is 9.47 Å². The molecule has 0 aliphatic heterocycles. The number of aromatic hydroxyl groups is 4. The van der Waals surface area contributed by atoms with Crippen molar-refractivity contribution in [1.82, 2.24) is 0 Å². The Balaban J connectivity index is 2.32. The Morgan fingerprint density at radius 2 is 0.833 bits per heavy atom. The molecule has 0 fully saturated rings. The minimum Gasteiger partial charge on any atom is -0.507 e. The summed E-state index contributed by atoms with van der Waals surface area (Å²) < 4.78 is 10.8. The van der Waals surface area contributed by atoms with Gasteiger partial charge in [-0.3, -0.25) is 0 Å². The molecule has 6 nitrogen and oxygen atoms in total. The standard InChI is InChI=1S/C24H20O6/c1-9-5-11-7-13(29-3)23(27)19-15(11)17(21(9)25)18-16-12(6-10(2)22(18)26)8-14(30-4)24(28)20(16)19/h5-8,25-28H,1-4H3. The second-order valence-corrected chi connectivity index (χ2v) is 7.64. The third kappa shape index (κ3) is 2.03. The number of ether oxygens (including phenoxy) is 2. The van der Waals surface area contributed by atoms with Crippen molar-refractivity contribution in [3.05, 3.63) is 35.4 Å². The maximum absolute atomic E-state index is 11.1. The number of hydrogen-bond donors (Lipinski definition) is 4. The molecule has 0 bridgehead atoms. The van der Waals surface area contributed by atoms with Crippen molar-refractivity contribution >= 4 is 43.1 Å². The Morgan fingerprint density at radius 3 is 1.17 bits per heavy atom. The summed E-state index contributed by atoms with van der Waals surface area (Å²) in [4.78, 5) is 0. The molecular weight excluding hydrogens is 384 g/mol. The van der Waals surface area contributed by atoms with Crippen molar-refractivity contribution in [3.8, 4) is 34.5 Å². The van der Waals surface area contributed by atoms with Crippen molar-refractivity contribution in [3.63, 3.8) is 0 Å². The van der Waals surface area contributed by atoms with Crippen LogP contribution in [0, 0.1) is 13.8 Å². The maximum atomic E-state index is 11.1. The molecule has 5 aromatic rings. The highest BCUT2D eigenvalue weighted by atomic mass is 16.5. The third-order valence-electron chi connectivity index (χ3n) is 6.00. The number of phenols is 4. The molecule has 0 unspecified atom stereocenters. The van der Waals surface area contributed by atoms with Crippen molar-refractivity contribution in [2.24, 2.45) is 0 Å². The summed E-state index contributed by atoms with van der Waals surface area (Å²) in [5, 5.41) is 48.1. The minimum atomic E-state index is -0.162. The van der Waals surface area contributed by atoms with Gasteiger partial charge in [0.25, 0.3) is 0 Å². The van der Waals surface area contributed by atoms with Crippen LogP contribution in [0.25, 0.3) is 43.1 Å². The van der Waals surface area contributed by atoms with Crippen LogP contribution in [0.4, 0.5) is 0 Å². The van der Waals surface area contributed by atoms with Crippen LogP contribution in [0.1, 0.15) is 11.1 Å². The lowest BCUT2D eigenvalue weighted by Crippen LogP contribution is -1.95. The predicted octanol–water partition coefficient (Wildman–Crippen LogP) is 5.19. The lowest BCUT2D eigenvalue weighted by Gasteiger charge is -2.21. The molecule has 152 valence electrons.